The van der Waals surface area contributed by atoms with Crippen LogP contribution in [0.25, 0.3) is 11.3 Å². The number of anilines is 2. The first-order valence-electron chi connectivity index (χ1n) is 9.55. The number of nitrogens with zero attached hydrogens (tertiary/aromatic N) is 3. The number of thioether (sulfide) groups is 1. The van der Waals surface area contributed by atoms with E-state index in [-0.39, 0.29) is 12.0 Å². The molecule has 2 aromatic heterocycles. The molecule has 3 aromatic rings. The van der Waals surface area contributed by atoms with Gasteiger partial charge in [-0.2, -0.15) is 0 Å². The van der Waals surface area contributed by atoms with Crippen LogP contribution < -0.4 is 10.6 Å². The summed E-state index contributed by atoms with van der Waals surface area (Å²) in [4.78, 5) is 16.8. The lowest BCUT2D eigenvalue weighted by atomic mass is 10.2. The molecule has 4 rings (SSSR count). The summed E-state index contributed by atoms with van der Waals surface area (Å²) in [5.41, 5.74) is 0.903. The summed E-state index contributed by atoms with van der Waals surface area (Å²) >= 11 is 3.90. The van der Waals surface area contributed by atoms with E-state index in [2.05, 4.69) is 25.8 Å². The summed E-state index contributed by atoms with van der Waals surface area (Å²) in [5, 5.41) is 16.5. The highest BCUT2D eigenvalue weighted by Crippen LogP contribution is 2.31. The van der Waals surface area contributed by atoms with E-state index in [0.717, 1.165) is 31.6 Å². The van der Waals surface area contributed by atoms with E-state index in [1.807, 2.05) is 0 Å². The molecule has 7 nitrogen and oxygen atoms in total. The van der Waals surface area contributed by atoms with Crippen molar-refractivity contribution < 1.29 is 18.3 Å². The molecule has 2 N–H and O–H groups in total. The molecule has 3 heterocycles. The quantitative estimate of drug-likeness (QED) is 0.451. The number of aromatic nitrogens is 3. The average molecular weight is 484 g/mol. The van der Waals surface area contributed by atoms with Crippen molar-refractivity contribution in [3.8, 4) is 11.3 Å². The van der Waals surface area contributed by atoms with Gasteiger partial charge in [0, 0.05) is 24.1 Å². The van der Waals surface area contributed by atoms with E-state index in [1.54, 1.807) is 12.3 Å². The highest BCUT2D eigenvalue weighted by atomic mass is 32.2. The van der Waals surface area contributed by atoms with Crippen molar-refractivity contribution in [3.63, 3.8) is 0 Å². The van der Waals surface area contributed by atoms with E-state index in [9.17, 15) is 13.6 Å². The summed E-state index contributed by atoms with van der Waals surface area (Å²) in [7, 11) is 0. The molecule has 1 aromatic carbocycles. The number of amides is 1. The van der Waals surface area contributed by atoms with E-state index >= 15 is 0 Å². The summed E-state index contributed by atoms with van der Waals surface area (Å²) in [6.07, 6.45) is 2.33. The Morgan fingerprint density at radius 1 is 1.32 bits per heavy atom. The van der Waals surface area contributed by atoms with Gasteiger partial charge in [0.2, 0.25) is 11.0 Å². The molecule has 1 aliphatic heterocycles. The molecule has 0 unspecified atom stereocenters. The molecular formula is C19H19F2N5O2S3. The fourth-order valence-electron chi connectivity index (χ4n) is 2.87. The maximum Gasteiger partial charge on any atom is 0.239 e. The Kier molecular flexibility index (Phi) is 7.10. The van der Waals surface area contributed by atoms with Gasteiger partial charge in [-0.1, -0.05) is 23.1 Å². The lowest BCUT2D eigenvalue weighted by molar-refractivity contribution is -0.115. The lowest BCUT2D eigenvalue weighted by Crippen LogP contribution is -2.22. The van der Waals surface area contributed by atoms with Crippen LogP contribution in [0.1, 0.15) is 19.8 Å². The van der Waals surface area contributed by atoms with Crippen molar-refractivity contribution in [2.24, 2.45) is 0 Å². The Morgan fingerprint density at radius 3 is 2.97 bits per heavy atom. The van der Waals surface area contributed by atoms with Crippen LogP contribution in [0.4, 0.5) is 19.0 Å². The minimum absolute atomic E-state index is 0.208. The zero-order valence-electron chi connectivity index (χ0n) is 16.4. The van der Waals surface area contributed by atoms with Crippen LogP contribution in [0, 0.1) is 11.6 Å². The van der Waals surface area contributed by atoms with Crippen molar-refractivity contribution >= 4 is 50.6 Å². The van der Waals surface area contributed by atoms with Crippen LogP contribution >= 0.6 is 34.4 Å². The zero-order chi connectivity index (χ0) is 21.8. The Balaban J connectivity index is 1.29. The van der Waals surface area contributed by atoms with Gasteiger partial charge in [0.25, 0.3) is 0 Å². The number of carbonyl (C=O) groups excluding carboxylic acids is 1. The first-order valence-corrected chi connectivity index (χ1v) is 12.1. The van der Waals surface area contributed by atoms with Gasteiger partial charge >= 0.3 is 0 Å². The van der Waals surface area contributed by atoms with Crippen LogP contribution in [0.15, 0.2) is 27.9 Å². The van der Waals surface area contributed by atoms with Gasteiger partial charge in [-0.3, -0.25) is 4.79 Å². The van der Waals surface area contributed by atoms with Crippen molar-refractivity contribution in [3.05, 3.63) is 35.2 Å². The molecule has 1 fully saturated rings. The number of thiazole rings is 1. The summed E-state index contributed by atoms with van der Waals surface area (Å²) < 4.78 is 32.8. The molecule has 164 valence electrons. The third-order valence-electron chi connectivity index (χ3n) is 4.51. The van der Waals surface area contributed by atoms with Crippen LogP contribution in [0.5, 0.6) is 0 Å². The van der Waals surface area contributed by atoms with Gasteiger partial charge in [-0.15, -0.1) is 21.5 Å². The molecule has 1 saturated heterocycles. The molecule has 2 atom stereocenters. The summed E-state index contributed by atoms with van der Waals surface area (Å²) in [5.74, 6) is -2.09. The van der Waals surface area contributed by atoms with Gasteiger partial charge in [0.05, 0.1) is 17.0 Å². The predicted molar refractivity (Wildman–Crippen MR) is 119 cm³/mol. The van der Waals surface area contributed by atoms with E-state index in [4.69, 9.17) is 4.74 Å². The summed E-state index contributed by atoms with van der Waals surface area (Å²) in [6.45, 7) is 3.27. The van der Waals surface area contributed by atoms with Gasteiger partial charge in [-0.05, 0) is 38.0 Å². The summed E-state index contributed by atoms with van der Waals surface area (Å²) in [6, 6.07) is 3.57. The topological polar surface area (TPSA) is 89.0 Å². The van der Waals surface area contributed by atoms with Gasteiger partial charge < -0.3 is 15.4 Å². The molecule has 1 amide bonds. The zero-order valence-corrected chi connectivity index (χ0v) is 18.9. The Labute approximate surface area is 189 Å². The second-order valence-corrected chi connectivity index (χ2v) is 10.2. The molecule has 31 heavy (non-hydrogen) atoms. The van der Waals surface area contributed by atoms with Gasteiger partial charge in [0.1, 0.15) is 0 Å². The third-order valence-corrected chi connectivity index (χ3v) is 7.33. The number of rotatable bonds is 8. The Morgan fingerprint density at radius 2 is 2.19 bits per heavy atom. The number of nitrogens with one attached hydrogen (secondary N) is 2. The highest BCUT2D eigenvalue weighted by molar-refractivity contribution is 8.02. The first-order chi connectivity index (χ1) is 15.0. The standard InChI is InChI=1S/C19H19F2N5O2S3/c1-10(30-19-26-25-17(31-19)22-8-12-3-2-6-28-12)16(27)24-18-23-15(9-29-18)11-4-5-13(20)14(21)7-11/h4-5,7,9-10,12H,2-3,6,8H2,1H3,(H,22,25)(H,23,24,27)/t10-,12-/m1/s1. The maximum atomic E-state index is 13.4. The van der Waals surface area contributed by atoms with Crippen molar-refractivity contribution in [2.45, 2.75) is 35.5 Å². The largest absolute Gasteiger partial charge is 0.376 e. The number of benzene rings is 1. The monoisotopic (exact) mass is 483 g/mol. The number of hydrogen-bond donors (Lipinski definition) is 2. The fourth-order valence-corrected chi connectivity index (χ4v) is 5.49. The second-order valence-electron chi connectivity index (χ2n) is 6.81. The molecule has 1 aliphatic rings. The van der Waals surface area contributed by atoms with Crippen LogP contribution in [-0.4, -0.2) is 45.6 Å². The molecule has 12 heteroatoms. The number of ether oxygens (including phenoxy) is 1. The van der Waals surface area contributed by atoms with Crippen molar-refractivity contribution in [2.75, 3.05) is 23.8 Å². The van der Waals surface area contributed by atoms with Crippen molar-refractivity contribution in [1.82, 2.24) is 15.2 Å². The molecule has 0 aliphatic carbocycles. The molecular weight excluding hydrogens is 464 g/mol. The van der Waals surface area contributed by atoms with E-state index < -0.39 is 16.9 Å². The van der Waals surface area contributed by atoms with Crippen LogP contribution in [0.2, 0.25) is 0 Å². The maximum absolute atomic E-state index is 13.4. The molecule has 0 saturated carbocycles. The molecule has 0 radical (unpaired) electrons. The minimum atomic E-state index is -0.942. The lowest BCUT2D eigenvalue weighted by Gasteiger charge is -2.09. The van der Waals surface area contributed by atoms with Crippen molar-refractivity contribution in [1.29, 1.82) is 0 Å². The number of hydrogen-bond acceptors (Lipinski definition) is 9. The third kappa shape index (κ3) is 5.76. The van der Waals surface area contributed by atoms with Crippen LogP contribution in [0.3, 0.4) is 0 Å². The van der Waals surface area contributed by atoms with Crippen LogP contribution in [-0.2, 0) is 9.53 Å². The fraction of sp³-hybridized carbons (Fsp3) is 0.368. The van der Waals surface area contributed by atoms with E-state index in [1.165, 1.54) is 40.5 Å². The van der Waals surface area contributed by atoms with Gasteiger partial charge in [0.15, 0.2) is 21.1 Å². The highest BCUT2D eigenvalue weighted by Gasteiger charge is 2.20. The SMILES string of the molecule is C[C@@H](Sc1nnc(NC[C@H]2CCCO2)s1)C(=O)Nc1nc(-c2ccc(F)c(F)c2)cs1. The first kappa shape index (κ1) is 22.1. The predicted octanol–water partition coefficient (Wildman–Crippen LogP) is 4.65. The number of halogens is 2. The Bertz CT molecular complexity index is 1050. The Hall–Kier alpha value is -2.15. The smallest absolute Gasteiger partial charge is 0.239 e. The second kappa shape index (κ2) is 9.98. The number of carbonyl (C=O) groups is 1. The van der Waals surface area contributed by atoms with E-state index in [0.29, 0.717) is 32.4 Å². The van der Waals surface area contributed by atoms with Gasteiger partial charge in [-0.25, -0.2) is 13.8 Å². The average Bonchev–Trinajstić information content (AvgIpc) is 3.50. The molecule has 0 spiro atoms. The minimum Gasteiger partial charge on any atom is -0.376 e. The molecule has 0 bridgehead atoms. The normalized spacial score (nSPS) is 16.9.